The number of carbonyl (C=O) groups excluding carboxylic acids is 2. The molecule has 1 aliphatic rings. The molecule has 112 valence electrons. The smallest absolute Gasteiger partial charge is 0.246 e. The lowest BCUT2D eigenvalue weighted by atomic mass is 10.2. The number of nitrogens with zero attached hydrogens (tertiary/aromatic N) is 2. The summed E-state index contributed by atoms with van der Waals surface area (Å²) in [6.45, 7) is 5.75. The molecule has 1 fully saturated rings. The van der Waals surface area contributed by atoms with E-state index in [0.717, 1.165) is 0 Å². The van der Waals surface area contributed by atoms with Crippen LogP contribution in [0.5, 0.6) is 0 Å². The lowest BCUT2D eigenvalue weighted by Gasteiger charge is -2.33. The molecule has 2 atom stereocenters. The predicted octanol–water partition coefficient (Wildman–Crippen LogP) is 2.02. The third-order valence-electron chi connectivity index (χ3n) is 2.91. The highest BCUT2D eigenvalue weighted by molar-refractivity contribution is 6.22. The van der Waals surface area contributed by atoms with Gasteiger partial charge < -0.3 is 9.80 Å². The maximum Gasteiger partial charge on any atom is 0.246 e. The van der Waals surface area contributed by atoms with Crippen molar-refractivity contribution >= 4 is 35.0 Å². The number of allylic oxidation sites excluding steroid dienone is 2. The third-order valence-corrected chi connectivity index (χ3v) is 3.20. The molecule has 0 aromatic rings. The summed E-state index contributed by atoms with van der Waals surface area (Å²) in [4.78, 5) is 27.1. The molecule has 6 heteroatoms. The molecule has 1 rings (SSSR count). The van der Waals surface area contributed by atoms with Crippen LogP contribution in [0.2, 0.25) is 0 Å². The van der Waals surface area contributed by atoms with E-state index in [4.69, 9.17) is 23.2 Å². The first kappa shape index (κ1) is 17.1. The molecule has 1 saturated heterocycles. The van der Waals surface area contributed by atoms with Gasteiger partial charge in [0.15, 0.2) is 0 Å². The van der Waals surface area contributed by atoms with Crippen molar-refractivity contribution in [2.75, 3.05) is 26.2 Å². The van der Waals surface area contributed by atoms with Gasteiger partial charge >= 0.3 is 0 Å². The number of hydrogen-bond acceptors (Lipinski definition) is 2. The van der Waals surface area contributed by atoms with Crippen molar-refractivity contribution < 1.29 is 9.59 Å². The van der Waals surface area contributed by atoms with E-state index in [2.05, 4.69) is 0 Å². The van der Waals surface area contributed by atoms with Crippen molar-refractivity contribution in [1.29, 1.82) is 0 Å². The Kier molecular flexibility index (Phi) is 7.10. The first-order chi connectivity index (χ1) is 9.40. The van der Waals surface area contributed by atoms with Crippen LogP contribution in [-0.2, 0) is 9.59 Å². The van der Waals surface area contributed by atoms with Crippen LogP contribution >= 0.6 is 23.2 Å². The standard InChI is InChI=1S/C14H20Cl2N2O2/c1-11(15)3-5-13(19)17-7-9-18(10-8-17)14(20)6-4-12(2)16/h3-6,11-12H,7-10H2,1-2H3/b5-3+,6-4+. The van der Waals surface area contributed by atoms with Gasteiger partial charge in [0.25, 0.3) is 0 Å². The van der Waals surface area contributed by atoms with Crippen LogP contribution in [0, 0.1) is 0 Å². The van der Waals surface area contributed by atoms with Crippen molar-refractivity contribution in [2.24, 2.45) is 0 Å². The number of carbonyl (C=O) groups is 2. The first-order valence-corrected chi connectivity index (χ1v) is 7.50. The van der Waals surface area contributed by atoms with E-state index in [9.17, 15) is 9.59 Å². The molecule has 20 heavy (non-hydrogen) atoms. The molecule has 2 unspecified atom stereocenters. The van der Waals surface area contributed by atoms with Crippen LogP contribution in [0.1, 0.15) is 13.8 Å². The van der Waals surface area contributed by atoms with Crippen LogP contribution < -0.4 is 0 Å². The van der Waals surface area contributed by atoms with Crippen molar-refractivity contribution in [1.82, 2.24) is 9.80 Å². The average Bonchev–Trinajstić information content (AvgIpc) is 2.42. The number of halogens is 2. The van der Waals surface area contributed by atoms with E-state index in [-0.39, 0.29) is 22.6 Å². The van der Waals surface area contributed by atoms with Gasteiger partial charge in [-0.1, -0.05) is 12.2 Å². The molecule has 0 bridgehead atoms. The fourth-order valence-corrected chi connectivity index (χ4v) is 1.93. The Bertz CT molecular complexity index is 360. The molecule has 0 aliphatic carbocycles. The lowest BCUT2D eigenvalue weighted by molar-refractivity contribution is -0.134. The summed E-state index contributed by atoms with van der Waals surface area (Å²) in [5.74, 6) is -0.121. The number of rotatable bonds is 4. The summed E-state index contributed by atoms with van der Waals surface area (Å²) in [6.07, 6.45) is 6.30. The van der Waals surface area contributed by atoms with Gasteiger partial charge in [0.1, 0.15) is 0 Å². The predicted molar refractivity (Wildman–Crippen MR) is 82.1 cm³/mol. The molecule has 0 spiro atoms. The Hall–Kier alpha value is -1.00. The Morgan fingerprint density at radius 2 is 1.15 bits per heavy atom. The fourth-order valence-electron chi connectivity index (χ4n) is 1.79. The fraction of sp³-hybridized carbons (Fsp3) is 0.571. The minimum absolute atomic E-state index is 0.0606. The molecule has 4 nitrogen and oxygen atoms in total. The lowest BCUT2D eigenvalue weighted by Crippen LogP contribution is -2.49. The Morgan fingerprint density at radius 1 is 0.850 bits per heavy atom. The molecule has 0 aromatic carbocycles. The summed E-state index contributed by atoms with van der Waals surface area (Å²) in [5.41, 5.74) is 0. The van der Waals surface area contributed by atoms with E-state index < -0.39 is 0 Å². The zero-order chi connectivity index (χ0) is 15.1. The third kappa shape index (κ3) is 5.97. The van der Waals surface area contributed by atoms with Gasteiger partial charge in [0.05, 0.1) is 0 Å². The van der Waals surface area contributed by atoms with Crippen LogP contribution in [0.4, 0.5) is 0 Å². The van der Waals surface area contributed by atoms with Gasteiger partial charge in [-0.25, -0.2) is 0 Å². The highest BCUT2D eigenvalue weighted by atomic mass is 35.5. The van der Waals surface area contributed by atoms with Gasteiger partial charge in [-0.05, 0) is 13.8 Å². The Labute approximate surface area is 130 Å². The van der Waals surface area contributed by atoms with Crippen molar-refractivity contribution in [3.05, 3.63) is 24.3 Å². The van der Waals surface area contributed by atoms with Crippen LogP contribution in [0.25, 0.3) is 0 Å². The summed E-state index contributed by atoms with van der Waals surface area (Å²) in [5, 5.41) is -0.325. The SMILES string of the molecule is CC(Cl)/C=C/C(=O)N1CCN(C(=O)/C=C/C(C)Cl)CC1. The van der Waals surface area contributed by atoms with Crippen LogP contribution in [-0.4, -0.2) is 58.5 Å². The maximum atomic E-state index is 11.8. The van der Waals surface area contributed by atoms with Gasteiger partial charge in [-0.2, -0.15) is 0 Å². The average molecular weight is 319 g/mol. The normalized spacial score (nSPS) is 19.6. The highest BCUT2D eigenvalue weighted by Crippen LogP contribution is 2.06. The highest BCUT2D eigenvalue weighted by Gasteiger charge is 2.21. The molecule has 0 saturated carbocycles. The summed E-state index contributed by atoms with van der Waals surface area (Å²) in [7, 11) is 0. The van der Waals surface area contributed by atoms with E-state index in [1.165, 1.54) is 12.2 Å². The number of hydrogen-bond donors (Lipinski definition) is 0. The second kappa shape index (κ2) is 8.32. The topological polar surface area (TPSA) is 40.6 Å². The van der Waals surface area contributed by atoms with Gasteiger partial charge in [0, 0.05) is 49.1 Å². The quantitative estimate of drug-likeness (QED) is 0.588. The molecule has 0 aromatic heterocycles. The zero-order valence-electron chi connectivity index (χ0n) is 11.8. The molecule has 0 radical (unpaired) electrons. The van der Waals surface area contributed by atoms with E-state index in [1.807, 2.05) is 0 Å². The van der Waals surface area contributed by atoms with Crippen LogP contribution in [0.3, 0.4) is 0 Å². The second-order valence-electron chi connectivity index (χ2n) is 4.72. The Balaban J connectivity index is 2.43. The van der Waals surface area contributed by atoms with Crippen molar-refractivity contribution in [3.8, 4) is 0 Å². The molecular formula is C14H20Cl2N2O2. The largest absolute Gasteiger partial charge is 0.336 e. The van der Waals surface area contributed by atoms with E-state index in [1.54, 1.807) is 35.8 Å². The van der Waals surface area contributed by atoms with Crippen molar-refractivity contribution in [3.63, 3.8) is 0 Å². The minimum Gasteiger partial charge on any atom is -0.336 e. The summed E-state index contributed by atoms with van der Waals surface area (Å²) < 4.78 is 0. The molecule has 2 amide bonds. The number of piperazine rings is 1. The first-order valence-electron chi connectivity index (χ1n) is 6.62. The minimum atomic E-state index is -0.163. The van der Waals surface area contributed by atoms with Gasteiger partial charge in [-0.3, -0.25) is 9.59 Å². The summed E-state index contributed by atoms with van der Waals surface area (Å²) >= 11 is 11.5. The van der Waals surface area contributed by atoms with Crippen molar-refractivity contribution in [2.45, 2.75) is 24.6 Å². The van der Waals surface area contributed by atoms with E-state index in [0.29, 0.717) is 26.2 Å². The molecule has 0 N–H and O–H groups in total. The monoisotopic (exact) mass is 318 g/mol. The number of alkyl halides is 2. The second-order valence-corrected chi connectivity index (χ2v) is 6.10. The molecular weight excluding hydrogens is 299 g/mol. The number of amides is 2. The maximum absolute atomic E-state index is 11.8. The Morgan fingerprint density at radius 3 is 1.40 bits per heavy atom. The van der Waals surface area contributed by atoms with Gasteiger partial charge in [0.2, 0.25) is 11.8 Å². The molecule has 1 aliphatic heterocycles. The summed E-state index contributed by atoms with van der Waals surface area (Å²) in [6, 6.07) is 0. The van der Waals surface area contributed by atoms with Gasteiger partial charge in [-0.15, -0.1) is 23.2 Å². The van der Waals surface area contributed by atoms with E-state index >= 15 is 0 Å². The zero-order valence-corrected chi connectivity index (χ0v) is 13.3. The van der Waals surface area contributed by atoms with Crippen LogP contribution in [0.15, 0.2) is 24.3 Å². The molecule has 1 heterocycles.